The van der Waals surface area contributed by atoms with Crippen molar-refractivity contribution in [3.8, 4) is 0 Å². The molecule has 43 valence electrons. The Kier molecular flexibility index (Phi) is 4.60. The minimum atomic E-state index is 0.287. The lowest BCUT2D eigenvalue weighted by molar-refractivity contribution is -0.00452. The van der Waals surface area contributed by atoms with Crippen molar-refractivity contribution in [2.45, 2.75) is 6.92 Å². The van der Waals surface area contributed by atoms with Gasteiger partial charge in [-0.05, 0) is 6.92 Å². The predicted octanol–water partition coefficient (Wildman–Crippen LogP) is 1.05. The van der Waals surface area contributed by atoms with Crippen LogP contribution in [0.4, 0.5) is 0 Å². The van der Waals surface area contributed by atoms with Gasteiger partial charge in [-0.1, -0.05) is 0 Å². The third-order valence-electron chi connectivity index (χ3n) is 0.386. The summed E-state index contributed by atoms with van der Waals surface area (Å²) in [5.41, 5.74) is 0.627. The predicted molar refractivity (Wildman–Crippen MR) is 30.9 cm³/mol. The fourth-order valence-electron chi connectivity index (χ4n) is 0.144. The van der Waals surface area contributed by atoms with Gasteiger partial charge in [0.05, 0.1) is 0 Å². The maximum Gasteiger partial charge on any atom is 0.148 e. The van der Waals surface area contributed by atoms with Crippen molar-refractivity contribution in [2.24, 2.45) is 0 Å². The van der Waals surface area contributed by atoms with Crippen molar-refractivity contribution in [2.75, 3.05) is 13.9 Å². The zero-order chi connectivity index (χ0) is 5.70. The molecule has 0 aliphatic carbocycles. The van der Waals surface area contributed by atoms with Crippen LogP contribution >= 0.6 is 12.6 Å². The summed E-state index contributed by atoms with van der Waals surface area (Å²) >= 11 is 3.85. The Bertz CT molecular complexity index is 38.7. The molecule has 0 fully saturated rings. The zero-order valence-electron chi connectivity index (χ0n) is 4.47. The highest BCUT2D eigenvalue weighted by atomic mass is 32.1. The molecule has 0 aromatic heterocycles. The Morgan fingerprint density at radius 2 is 2.29 bits per heavy atom. The van der Waals surface area contributed by atoms with Gasteiger partial charge in [0.25, 0.3) is 0 Å². The molecule has 0 amide bonds. The molecular formula is C4H9O2S. The normalized spacial score (nSPS) is 10.3. The summed E-state index contributed by atoms with van der Waals surface area (Å²) in [6.45, 7) is 2.04. The van der Waals surface area contributed by atoms with Gasteiger partial charge in [0, 0.05) is 7.11 Å². The molecule has 2 nitrogen and oxygen atoms in total. The average Bonchev–Trinajstić information content (AvgIpc) is 1.61. The van der Waals surface area contributed by atoms with Crippen LogP contribution in [0.25, 0.3) is 0 Å². The van der Waals surface area contributed by atoms with Crippen molar-refractivity contribution < 1.29 is 9.47 Å². The van der Waals surface area contributed by atoms with Gasteiger partial charge in [-0.3, -0.25) is 0 Å². The lowest BCUT2D eigenvalue weighted by Gasteiger charge is -2.01. The summed E-state index contributed by atoms with van der Waals surface area (Å²) in [6.07, 6.45) is 0. The third kappa shape index (κ3) is 6.27. The first-order chi connectivity index (χ1) is 3.27. The fourth-order valence-corrected chi connectivity index (χ4v) is 0.197. The molecule has 7 heavy (non-hydrogen) atoms. The molecule has 0 atom stereocenters. The van der Waals surface area contributed by atoms with E-state index in [0.717, 1.165) is 0 Å². The second-order valence-corrected chi connectivity index (χ2v) is 1.70. The Morgan fingerprint density at radius 3 is 2.43 bits per heavy atom. The van der Waals surface area contributed by atoms with Crippen molar-refractivity contribution in [1.82, 2.24) is 0 Å². The van der Waals surface area contributed by atoms with Crippen molar-refractivity contribution in [3.63, 3.8) is 0 Å². The highest BCUT2D eigenvalue weighted by Gasteiger charge is 1.90. The molecule has 0 saturated heterocycles. The van der Waals surface area contributed by atoms with Gasteiger partial charge >= 0.3 is 0 Å². The first kappa shape index (κ1) is 7.27. The molecule has 3 heteroatoms. The van der Waals surface area contributed by atoms with E-state index in [1.54, 1.807) is 14.0 Å². The zero-order valence-corrected chi connectivity index (χ0v) is 5.37. The van der Waals surface area contributed by atoms with Gasteiger partial charge in [-0.25, -0.2) is 0 Å². The van der Waals surface area contributed by atoms with E-state index in [0.29, 0.717) is 5.44 Å². The average molecular weight is 121 g/mol. The van der Waals surface area contributed by atoms with E-state index in [9.17, 15) is 0 Å². The van der Waals surface area contributed by atoms with Crippen LogP contribution in [0.3, 0.4) is 0 Å². The van der Waals surface area contributed by atoms with Crippen LogP contribution in [0.5, 0.6) is 0 Å². The summed E-state index contributed by atoms with van der Waals surface area (Å²) in [5, 5.41) is 0. The highest BCUT2D eigenvalue weighted by Crippen LogP contribution is 2.02. The molecule has 0 unspecified atom stereocenters. The summed E-state index contributed by atoms with van der Waals surface area (Å²) in [6, 6.07) is 0. The largest absolute Gasteiger partial charge is 0.359 e. The van der Waals surface area contributed by atoms with Crippen molar-refractivity contribution in [3.05, 3.63) is 5.44 Å². The van der Waals surface area contributed by atoms with E-state index in [-0.39, 0.29) is 6.79 Å². The van der Waals surface area contributed by atoms with Gasteiger partial charge in [0.2, 0.25) is 0 Å². The summed E-state index contributed by atoms with van der Waals surface area (Å²) in [5.74, 6) is 0. The van der Waals surface area contributed by atoms with Gasteiger partial charge in [-0.15, -0.1) is 12.6 Å². The van der Waals surface area contributed by atoms with Crippen LogP contribution in [-0.4, -0.2) is 13.9 Å². The monoisotopic (exact) mass is 121 g/mol. The fraction of sp³-hybridized carbons (Fsp3) is 0.750. The van der Waals surface area contributed by atoms with E-state index < -0.39 is 0 Å². The Labute approximate surface area is 49.2 Å². The number of hydrogen-bond donors (Lipinski definition) is 1. The third-order valence-corrected chi connectivity index (χ3v) is 0.515. The first-order valence-corrected chi connectivity index (χ1v) is 2.36. The van der Waals surface area contributed by atoms with Crippen molar-refractivity contribution in [1.29, 1.82) is 0 Å². The topological polar surface area (TPSA) is 18.5 Å². The Hall–Kier alpha value is 0.270. The van der Waals surface area contributed by atoms with E-state index >= 15 is 0 Å². The van der Waals surface area contributed by atoms with Gasteiger partial charge in [0.1, 0.15) is 12.2 Å². The minimum absolute atomic E-state index is 0.287. The smallest absolute Gasteiger partial charge is 0.148 e. The van der Waals surface area contributed by atoms with E-state index in [1.807, 2.05) is 0 Å². The van der Waals surface area contributed by atoms with Crippen LogP contribution in [0, 0.1) is 5.44 Å². The van der Waals surface area contributed by atoms with Crippen LogP contribution in [-0.2, 0) is 9.47 Å². The number of methoxy groups -OCH3 is 1. The Morgan fingerprint density at radius 1 is 1.71 bits per heavy atom. The lowest BCUT2D eigenvalue weighted by atomic mass is 10.9. The summed E-state index contributed by atoms with van der Waals surface area (Å²) in [7, 11) is 1.57. The quantitative estimate of drug-likeness (QED) is 0.444. The molecule has 1 radical (unpaired) electrons. The minimum Gasteiger partial charge on any atom is -0.359 e. The SMILES string of the molecule is COCO[C](C)S. The number of hydrogen-bond acceptors (Lipinski definition) is 3. The maximum atomic E-state index is 4.75. The summed E-state index contributed by atoms with van der Waals surface area (Å²) < 4.78 is 9.31. The molecule has 0 spiro atoms. The molecule has 0 heterocycles. The molecule has 0 aliphatic rings. The lowest BCUT2D eigenvalue weighted by Crippen LogP contribution is -1.95. The van der Waals surface area contributed by atoms with Crippen molar-refractivity contribution >= 4 is 12.6 Å². The molecule has 0 aromatic rings. The maximum absolute atomic E-state index is 4.75. The second kappa shape index (κ2) is 4.43. The van der Waals surface area contributed by atoms with Crippen LogP contribution in [0.15, 0.2) is 0 Å². The molecule has 0 N–H and O–H groups in total. The Balaban J connectivity index is 2.68. The molecular weight excluding hydrogens is 112 g/mol. The van der Waals surface area contributed by atoms with E-state index in [2.05, 4.69) is 17.4 Å². The van der Waals surface area contributed by atoms with Crippen LogP contribution in [0.1, 0.15) is 6.92 Å². The van der Waals surface area contributed by atoms with Gasteiger partial charge in [-0.2, -0.15) is 0 Å². The standard InChI is InChI=1S/C4H9O2S/c1-4(7)6-3-5-2/h7H,3H2,1-2H3. The van der Waals surface area contributed by atoms with E-state index in [4.69, 9.17) is 4.74 Å². The molecule has 0 bridgehead atoms. The molecule has 0 saturated carbocycles. The van der Waals surface area contributed by atoms with E-state index in [1.165, 1.54) is 0 Å². The van der Waals surface area contributed by atoms with Crippen LogP contribution < -0.4 is 0 Å². The molecule has 0 aliphatic heterocycles. The number of rotatable bonds is 3. The molecule has 0 rings (SSSR count). The highest BCUT2D eigenvalue weighted by molar-refractivity contribution is 7.83. The second-order valence-electron chi connectivity index (χ2n) is 1.07. The first-order valence-electron chi connectivity index (χ1n) is 1.91. The van der Waals surface area contributed by atoms with Gasteiger partial charge in [0.15, 0.2) is 0 Å². The summed E-state index contributed by atoms with van der Waals surface area (Å²) in [4.78, 5) is 0. The van der Waals surface area contributed by atoms with Crippen LogP contribution in [0.2, 0.25) is 0 Å². The van der Waals surface area contributed by atoms with Gasteiger partial charge < -0.3 is 9.47 Å². The number of thiol groups is 1. The molecule has 0 aromatic carbocycles. The number of ether oxygens (including phenoxy) is 2.